The standard InChI is InChI=1S/C20H20ClN3O3S/c1-2-27-10-4-9-22-18(25)13-5-3-6-15(11-13)24-19(26)16-8-7-14(21)12-17(16)23-20(24)28/h3,5-8,11-12H,2,4,9-10H2,1H3,(H,22,25)(H,23,28). The van der Waals surface area contributed by atoms with E-state index in [-0.39, 0.29) is 16.2 Å². The van der Waals surface area contributed by atoms with Crippen LogP contribution in [0.5, 0.6) is 0 Å². The molecule has 0 saturated heterocycles. The van der Waals surface area contributed by atoms with Crippen LogP contribution in [0.2, 0.25) is 5.02 Å². The molecule has 8 heteroatoms. The van der Waals surface area contributed by atoms with E-state index in [0.29, 0.717) is 46.9 Å². The second kappa shape index (κ2) is 9.14. The summed E-state index contributed by atoms with van der Waals surface area (Å²) in [7, 11) is 0. The average Bonchev–Trinajstić information content (AvgIpc) is 2.67. The predicted molar refractivity (Wildman–Crippen MR) is 113 cm³/mol. The van der Waals surface area contributed by atoms with Crippen molar-refractivity contribution in [3.63, 3.8) is 0 Å². The highest BCUT2D eigenvalue weighted by molar-refractivity contribution is 7.71. The lowest BCUT2D eigenvalue weighted by Gasteiger charge is -2.10. The molecule has 3 rings (SSSR count). The van der Waals surface area contributed by atoms with Crippen LogP contribution < -0.4 is 10.9 Å². The SMILES string of the molecule is CCOCCCNC(=O)c1cccc(-n2c(=S)[nH]c3cc(Cl)ccc3c2=O)c1. The molecule has 0 atom stereocenters. The summed E-state index contributed by atoms with van der Waals surface area (Å²) in [6.45, 7) is 3.70. The van der Waals surface area contributed by atoms with Crippen LogP contribution in [-0.2, 0) is 4.74 Å². The van der Waals surface area contributed by atoms with Crippen LogP contribution in [0.15, 0.2) is 47.3 Å². The number of carbonyl (C=O) groups excluding carboxylic acids is 1. The van der Waals surface area contributed by atoms with Gasteiger partial charge in [-0.1, -0.05) is 17.7 Å². The molecule has 0 fully saturated rings. The normalized spacial score (nSPS) is 10.9. The Morgan fingerprint density at radius 2 is 2.11 bits per heavy atom. The van der Waals surface area contributed by atoms with E-state index in [2.05, 4.69) is 10.3 Å². The maximum absolute atomic E-state index is 12.9. The molecule has 1 heterocycles. The molecular weight excluding hydrogens is 398 g/mol. The van der Waals surface area contributed by atoms with Gasteiger partial charge in [-0.15, -0.1) is 0 Å². The van der Waals surface area contributed by atoms with Gasteiger partial charge in [0.05, 0.1) is 16.6 Å². The smallest absolute Gasteiger partial charge is 0.266 e. The minimum absolute atomic E-state index is 0.214. The topological polar surface area (TPSA) is 76.1 Å². The molecular formula is C20H20ClN3O3S. The second-order valence-corrected chi connectivity index (χ2v) is 6.94. The van der Waals surface area contributed by atoms with Crippen molar-refractivity contribution >= 4 is 40.6 Å². The fraction of sp³-hybridized carbons (Fsp3) is 0.250. The van der Waals surface area contributed by atoms with E-state index in [1.807, 2.05) is 6.92 Å². The summed E-state index contributed by atoms with van der Waals surface area (Å²) in [5.41, 5.74) is 1.27. The molecule has 1 amide bonds. The Morgan fingerprint density at radius 3 is 2.89 bits per heavy atom. The van der Waals surface area contributed by atoms with Crippen LogP contribution in [0, 0.1) is 4.77 Å². The van der Waals surface area contributed by atoms with E-state index in [4.69, 9.17) is 28.6 Å². The number of nitrogens with zero attached hydrogens (tertiary/aromatic N) is 1. The molecule has 2 aromatic carbocycles. The number of nitrogens with one attached hydrogen (secondary N) is 2. The van der Waals surface area contributed by atoms with Gasteiger partial charge in [0.15, 0.2) is 4.77 Å². The number of H-pyrrole nitrogens is 1. The van der Waals surface area contributed by atoms with E-state index in [1.165, 1.54) is 4.57 Å². The Morgan fingerprint density at radius 1 is 1.29 bits per heavy atom. The van der Waals surface area contributed by atoms with E-state index in [1.54, 1.807) is 42.5 Å². The number of aromatic amines is 1. The summed E-state index contributed by atoms with van der Waals surface area (Å²) in [6.07, 6.45) is 0.733. The highest BCUT2D eigenvalue weighted by Crippen LogP contribution is 2.16. The van der Waals surface area contributed by atoms with Crippen molar-refractivity contribution in [2.45, 2.75) is 13.3 Å². The first kappa shape index (κ1) is 20.3. The molecule has 0 saturated carbocycles. The summed E-state index contributed by atoms with van der Waals surface area (Å²) in [4.78, 5) is 28.3. The Labute approximate surface area is 172 Å². The van der Waals surface area contributed by atoms with Gasteiger partial charge in [0.1, 0.15) is 0 Å². The van der Waals surface area contributed by atoms with Crippen LogP contribution >= 0.6 is 23.8 Å². The Kier molecular flexibility index (Phi) is 6.61. The molecule has 2 N–H and O–H groups in total. The lowest BCUT2D eigenvalue weighted by Crippen LogP contribution is -2.26. The van der Waals surface area contributed by atoms with Gasteiger partial charge in [0.2, 0.25) is 0 Å². The largest absolute Gasteiger partial charge is 0.382 e. The number of hydrogen-bond acceptors (Lipinski definition) is 4. The molecule has 0 spiro atoms. The first-order chi connectivity index (χ1) is 13.5. The van der Waals surface area contributed by atoms with Gasteiger partial charge in [-0.3, -0.25) is 14.2 Å². The van der Waals surface area contributed by atoms with Crippen molar-refractivity contribution in [2.24, 2.45) is 0 Å². The highest BCUT2D eigenvalue weighted by Gasteiger charge is 2.11. The first-order valence-corrected chi connectivity index (χ1v) is 9.71. The Bertz CT molecular complexity index is 1120. The third-order valence-corrected chi connectivity index (χ3v) is 4.70. The summed E-state index contributed by atoms with van der Waals surface area (Å²) in [5, 5.41) is 3.82. The van der Waals surface area contributed by atoms with E-state index in [0.717, 1.165) is 6.42 Å². The molecule has 0 bridgehead atoms. The monoisotopic (exact) mass is 417 g/mol. The summed E-state index contributed by atoms with van der Waals surface area (Å²) in [6, 6.07) is 11.8. The average molecular weight is 418 g/mol. The van der Waals surface area contributed by atoms with Crippen molar-refractivity contribution in [2.75, 3.05) is 19.8 Å². The maximum atomic E-state index is 12.9. The molecule has 0 aliphatic rings. The van der Waals surface area contributed by atoms with Gasteiger partial charge >= 0.3 is 0 Å². The van der Waals surface area contributed by atoms with Crippen LogP contribution in [0.1, 0.15) is 23.7 Å². The second-order valence-electron chi connectivity index (χ2n) is 6.12. The van der Waals surface area contributed by atoms with Crippen LogP contribution in [0.3, 0.4) is 0 Å². The number of amides is 1. The van der Waals surface area contributed by atoms with Gasteiger partial charge in [-0.2, -0.15) is 0 Å². The fourth-order valence-electron chi connectivity index (χ4n) is 2.83. The third kappa shape index (κ3) is 4.49. The molecule has 3 aromatic rings. The number of ether oxygens (including phenoxy) is 1. The Hall–Kier alpha value is -2.48. The van der Waals surface area contributed by atoms with Gasteiger partial charge in [0, 0.05) is 30.3 Å². The number of carbonyl (C=O) groups is 1. The van der Waals surface area contributed by atoms with E-state index >= 15 is 0 Å². The molecule has 6 nitrogen and oxygen atoms in total. The van der Waals surface area contributed by atoms with Gasteiger partial charge < -0.3 is 15.0 Å². The number of benzene rings is 2. The van der Waals surface area contributed by atoms with Gasteiger partial charge in [-0.25, -0.2) is 0 Å². The molecule has 0 aliphatic carbocycles. The zero-order valence-corrected chi connectivity index (χ0v) is 16.9. The third-order valence-electron chi connectivity index (χ3n) is 4.18. The number of fused-ring (bicyclic) bond motifs is 1. The highest BCUT2D eigenvalue weighted by atomic mass is 35.5. The van der Waals surface area contributed by atoms with Crippen molar-refractivity contribution in [3.8, 4) is 5.69 Å². The molecule has 0 unspecified atom stereocenters. The van der Waals surface area contributed by atoms with Crippen molar-refractivity contribution in [3.05, 3.63) is 68.2 Å². The number of hydrogen-bond donors (Lipinski definition) is 2. The lowest BCUT2D eigenvalue weighted by atomic mass is 10.1. The number of rotatable bonds is 7. The zero-order chi connectivity index (χ0) is 20.1. The quantitative estimate of drug-likeness (QED) is 0.452. The van der Waals surface area contributed by atoms with E-state index in [9.17, 15) is 9.59 Å². The van der Waals surface area contributed by atoms with E-state index < -0.39 is 0 Å². The van der Waals surface area contributed by atoms with Crippen LogP contribution in [-0.4, -0.2) is 35.2 Å². The zero-order valence-electron chi connectivity index (χ0n) is 15.3. The fourth-order valence-corrected chi connectivity index (χ4v) is 3.30. The first-order valence-electron chi connectivity index (χ1n) is 8.92. The molecule has 1 aromatic heterocycles. The molecule has 28 heavy (non-hydrogen) atoms. The minimum atomic E-state index is -0.273. The minimum Gasteiger partial charge on any atom is -0.382 e. The molecule has 0 aliphatic heterocycles. The lowest BCUT2D eigenvalue weighted by molar-refractivity contribution is 0.0944. The van der Waals surface area contributed by atoms with Crippen molar-refractivity contribution in [1.29, 1.82) is 0 Å². The number of halogens is 1. The number of aromatic nitrogens is 2. The van der Waals surface area contributed by atoms with Gasteiger partial charge in [0.25, 0.3) is 11.5 Å². The van der Waals surface area contributed by atoms with Crippen LogP contribution in [0.4, 0.5) is 0 Å². The van der Waals surface area contributed by atoms with Gasteiger partial charge in [-0.05, 0) is 62.0 Å². The maximum Gasteiger partial charge on any atom is 0.266 e. The van der Waals surface area contributed by atoms with Crippen LogP contribution in [0.25, 0.3) is 16.6 Å². The summed E-state index contributed by atoms with van der Waals surface area (Å²) >= 11 is 11.4. The summed E-state index contributed by atoms with van der Waals surface area (Å²) < 4.78 is 6.86. The molecule has 0 radical (unpaired) electrons. The van der Waals surface area contributed by atoms with Crippen molar-refractivity contribution in [1.82, 2.24) is 14.9 Å². The predicted octanol–water partition coefficient (Wildman–Crippen LogP) is 3.86. The van der Waals surface area contributed by atoms with Crippen molar-refractivity contribution < 1.29 is 9.53 Å². The Balaban J connectivity index is 1.90. The summed E-state index contributed by atoms with van der Waals surface area (Å²) in [5.74, 6) is -0.214. The molecule has 146 valence electrons.